The van der Waals surface area contributed by atoms with Gasteiger partial charge in [-0.2, -0.15) is 0 Å². The lowest BCUT2D eigenvalue weighted by molar-refractivity contribution is -0.0593. The standard InChI is InChI=1S/C10H19NO4.ClH/c1-10(2,3)15-9(13)11-4-5-14-8(6-11)7-12;/h8,12H,4-7H2,1-3H3;1H/t8-;/m0./s1. The molecule has 0 radical (unpaired) electrons. The van der Waals surface area contributed by atoms with Crippen LogP contribution in [0.1, 0.15) is 20.8 Å². The summed E-state index contributed by atoms with van der Waals surface area (Å²) < 4.78 is 10.5. The number of nitrogens with zero attached hydrogens (tertiary/aromatic N) is 1. The van der Waals surface area contributed by atoms with Gasteiger partial charge in [0.15, 0.2) is 0 Å². The first kappa shape index (κ1) is 15.5. The summed E-state index contributed by atoms with van der Waals surface area (Å²) in [6.07, 6.45) is -0.629. The Labute approximate surface area is 102 Å². The number of aliphatic hydroxyl groups excluding tert-OH is 1. The van der Waals surface area contributed by atoms with Gasteiger partial charge in [0.25, 0.3) is 0 Å². The van der Waals surface area contributed by atoms with Gasteiger partial charge in [0.1, 0.15) is 5.60 Å². The van der Waals surface area contributed by atoms with Crippen molar-refractivity contribution >= 4 is 18.5 Å². The maximum Gasteiger partial charge on any atom is 0.410 e. The zero-order valence-corrected chi connectivity index (χ0v) is 10.7. The number of halogens is 1. The first-order valence-electron chi connectivity index (χ1n) is 5.13. The second-order valence-electron chi connectivity index (χ2n) is 4.60. The van der Waals surface area contributed by atoms with Gasteiger partial charge in [0, 0.05) is 6.54 Å². The van der Waals surface area contributed by atoms with E-state index in [0.717, 1.165) is 0 Å². The molecule has 0 aromatic rings. The van der Waals surface area contributed by atoms with Gasteiger partial charge >= 0.3 is 6.09 Å². The van der Waals surface area contributed by atoms with Crippen LogP contribution in [-0.4, -0.2) is 54.1 Å². The molecular formula is C10H20ClNO4. The van der Waals surface area contributed by atoms with Crippen molar-refractivity contribution in [2.75, 3.05) is 26.3 Å². The Morgan fingerprint density at radius 2 is 2.19 bits per heavy atom. The minimum absolute atomic E-state index is 0. The van der Waals surface area contributed by atoms with Crippen LogP contribution in [0.25, 0.3) is 0 Å². The zero-order valence-electron chi connectivity index (χ0n) is 9.93. The third kappa shape index (κ3) is 5.01. The number of carbonyl (C=O) groups is 1. The quantitative estimate of drug-likeness (QED) is 0.759. The summed E-state index contributed by atoms with van der Waals surface area (Å²) in [6, 6.07) is 0. The predicted octanol–water partition coefficient (Wildman–Crippen LogP) is 1.04. The van der Waals surface area contributed by atoms with Crippen LogP contribution in [0.5, 0.6) is 0 Å². The highest BCUT2D eigenvalue weighted by molar-refractivity contribution is 5.85. The largest absolute Gasteiger partial charge is 0.444 e. The number of rotatable bonds is 1. The number of carbonyl (C=O) groups excluding carboxylic acids is 1. The SMILES string of the molecule is CC(C)(C)OC(=O)N1CCO[C@H](CO)C1.Cl. The molecule has 1 amide bonds. The molecule has 6 heteroatoms. The molecule has 16 heavy (non-hydrogen) atoms. The molecule has 1 N–H and O–H groups in total. The van der Waals surface area contributed by atoms with E-state index in [1.165, 1.54) is 0 Å². The molecular weight excluding hydrogens is 234 g/mol. The van der Waals surface area contributed by atoms with Crippen LogP contribution in [0.4, 0.5) is 4.79 Å². The lowest BCUT2D eigenvalue weighted by Gasteiger charge is -2.33. The summed E-state index contributed by atoms with van der Waals surface area (Å²) >= 11 is 0. The van der Waals surface area contributed by atoms with Crippen molar-refractivity contribution in [2.24, 2.45) is 0 Å². The summed E-state index contributed by atoms with van der Waals surface area (Å²) in [6.45, 7) is 6.78. The summed E-state index contributed by atoms with van der Waals surface area (Å²) in [5.74, 6) is 0. The Kier molecular flexibility index (Phi) is 6.07. The predicted molar refractivity (Wildman–Crippen MR) is 61.9 cm³/mol. The van der Waals surface area contributed by atoms with Crippen molar-refractivity contribution in [1.29, 1.82) is 0 Å². The van der Waals surface area contributed by atoms with E-state index in [1.807, 2.05) is 20.8 Å². The first-order chi connectivity index (χ1) is 6.92. The van der Waals surface area contributed by atoms with Crippen molar-refractivity contribution < 1.29 is 19.4 Å². The van der Waals surface area contributed by atoms with Gasteiger partial charge in [-0.3, -0.25) is 0 Å². The lowest BCUT2D eigenvalue weighted by atomic mass is 10.2. The van der Waals surface area contributed by atoms with Crippen molar-refractivity contribution in [3.63, 3.8) is 0 Å². The monoisotopic (exact) mass is 253 g/mol. The molecule has 0 aromatic heterocycles. The maximum atomic E-state index is 11.6. The molecule has 1 fully saturated rings. The van der Waals surface area contributed by atoms with E-state index in [-0.39, 0.29) is 31.2 Å². The number of amides is 1. The van der Waals surface area contributed by atoms with E-state index in [0.29, 0.717) is 19.7 Å². The number of morpholine rings is 1. The van der Waals surface area contributed by atoms with Crippen LogP contribution in [0.15, 0.2) is 0 Å². The fourth-order valence-corrected chi connectivity index (χ4v) is 1.32. The Morgan fingerprint density at radius 3 is 2.69 bits per heavy atom. The van der Waals surface area contributed by atoms with E-state index in [1.54, 1.807) is 4.90 Å². The fraction of sp³-hybridized carbons (Fsp3) is 0.900. The van der Waals surface area contributed by atoms with E-state index < -0.39 is 5.60 Å². The number of ether oxygens (including phenoxy) is 2. The van der Waals surface area contributed by atoms with Crippen molar-refractivity contribution in [2.45, 2.75) is 32.5 Å². The minimum Gasteiger partial charge on any atom is -0.444 e. The van der Waals surface area contributed by atoms with Gasteiger partial charge in [-0.05, 0) is 20.8 Å². The van der Waals surface area contributed by atoms with Crippen LogP contribution in [0.2, 0.25) is 0 Å². The molecule has 1 heterocycles. The Morgan fingerprint density at radius 1 is 1.56 bits per heavy atom. The molecule has 0 unspecified atom stereocenters. The third-order valence-electron chi connectivity index (χ3n) is 1.99. The summed E-state index contributed by atoms with van der Waals surface area (Å²) in [5.41, 5.74) is -0.482. The summed E-state index contributed by atoms with van der Waals surface area (Å²) in [5, 5.41) is 8.92. The first-order valence-corrected chi connectivity index (χ1v) is 5.13. The van der Waals surface area contributed by atoms with Crippen LogP contribution in [0.3, 0.4) is 0 Å². The van der Waals surface area contributed by atoms with Crippen LogP contribution in [-0.2, 0) is 9.47 Å². The van der Waals surface area contributed by atoms with E-state index in [9.17, 15) is 4.79 Å². The Hall–Kier alpha value is -0.520. The van der Waals surface area contributed by atoms with Gasteiger partial charge in [-0.1, -0.05) is 0 Å². The summed E-state index contributed by atoms with van der Waals surface area (Å²) in [7, 11) is 0. The highest BCUT2D eigenvalue weighted by Gasteiger charge is 2.27. The molecule has 0 aliphatic carbocycles. The molecule has 1 rings (SSSR count). The minimum atomic E-state index is -0.482. The molecule has 0 bridgehead atoms. The molecule has 0 saturated carbocycles. The smallest absolute Gasteiger partial charge is 0.410 e. The highest BCUT2D eigenvalue weighted by Crippen LogP contribution is 2.12. The topological polar surface area (TPSA) is 59.0 Å². The molecule has 0 spiro atoms. The Bertz CT molecular complexity index is 229. The molecule has 0 aromatic carbocycles. The second-order valence-corrected chi connectivity index (χ2v) is 4.60. The molecule has 1 atom stereocenters. The van der Waals surface area contributed by atoms with E-state index in [4.69, 9.17) is 14.6 Å². The van der Waals surface area contributed by atoms with Crippen molar-refractivity contribution in [1.82, 2.24) is 4.90 Å². The van der Waals surface area contributed by atoms with Gasteiger partial charge in [-0.25, -0.2) is 4.79 Å². The van der Waals surface area contributed by atoms with E-state index in [2.05, 4.69) is 0 Å². The van der Waals surface area contributed by atoms with Gasteiger partial charge in [-0.15, -0.1) is 12.4 Å². The average Bonchev–Trinajstić information content (AvgIpc) is 2.15. The van der Waals surface area contributed by atoms with Crippen LogP contribution < -0.4 is 0 Å². The second kappa shape index (κ2) is 6.27. The van der Waals surface area contributed by atoms with Crippen molar-refractivity contribution in [3.8, 4) is 0 Å². The molecule has 1 aliphatic rings. The van der Waals surface area contributed by atoms with Crippen LogP contribution >= 0.6 is 12.4 Å². The molecule has 1 saturated heterocycles. The fourth-order valence-electron chi connectivity index (χ4n) is 1.32. The molecule has 5 nitrogen and oxygen atoms in total. The molecule has 96 valence electrons. The summed E-state index contributed by atoms with van der Waals surface area (Å²) in [4.78, 5) is 13.2. The van der Waals surface area contributed by atoms with Gasteiger partial charge < -0.3 is 19.5 Å². The maximum absolute atomic E-state index is 11.6. The number of hydrogen-bond donors (Lipinski definition) is 1. The van der Waals surface area contributed by atoms with Crippen LogP contribution in [0, 0.1) is 0 Å². The average molecular weight is 254 g/mol. The highest BCUT2D eigenvalue weighted by atomic mass is 35.5. The lowest BCUT2D eigenvalue weighted by Crippen LogP contribution is -2.48. The normalized spacial score (nSPS) is 21.2. The third-order valence-corrected chi connectivity index (χ3v) is 1.99. The van der Waals surface area contributed by atoms with Crippen molar-refractivity contribution in [3.05, 3.63) is 0 Å². The molecule has 1 aliphatic heterocycles. The zero-order chi connectivity index (χ0) is 11.5. The van der Waals surface area contributed by atoms with Gasteiger partial charge in [0.05, 0.1) is 25.9 Å². The number of hydrogen-bond acceptors (Lipinski definition) is 4. The van der Waals surface area contributed by atoms with E-state index >= 15 is 0 Å². The van der Waals surface area contributed by atoms with Gasteiger partial charge in [0.2, 0.25) is 0 Å². The Balaban J connectivity index is 0.00000225. The number of aliphatic hydroxyl groups is 1.